The monoisotopic (exact) mass is 472 g/mol. The van der Waals surface area contributed by atoms with Crippen LogP contribution >= 0.6 is 27.5 Å². The van der Waals surface area contributed by atoms with Crippen LogP contribution in [0.1, 0.15) is 35.1 Å². The smallest absolute Gasteiger partial charge is 0.313 e. The van der Waals surface area contributed by atoms with Gasteiger partial charge in [-0.2, -0.15) is 13.2 Å². The summed E-state index contributed by atoms with van der Waals surface area (Å²) >= 11 is 9.54. The van der Waals surface area contributed by atoms with E-state index < -0.39 is 11.7 Å². The average molecular weight is 474 g/mol. The van der Waals surface area contributed by atoms with Crippen LogP contribution in [0, 0.1) is 0 Å². The molecule has 150 valence electrons. The van der Waals surface area contributed by atoms with Crippen molar-refractivity contribution in [1.82, 2.24) is 10.6 Å². The lowest BCUT2D eigenvalue weighted by molar-refractivity contribution is -0.137. The Morgan fingerprint density at radius 3 is 2.68 bits per heavy atom. The van der Waals surface area contributed by atoms with Crippen LogP contribution in [0.4, 0.5) is 13.2 Å². The van der Waals surface area contributed by atoms with Gasteiger partial charge in [0, 0.05) is 23.6 Å². The van der Waals surface area contributed by atoms with Crippen molar-refractivity contribution < 1.29 is 13.2 Å². The number of benzene rings is 2. The molecule has 3 rings (SSSR count). The van der Waals surface area contributed by atoms with E-state index in [1.165, 1.54) is 18.6 Å². The summed E-state index contributed by atoms with van der Waals surface area (Å²) in [4.78, 5) is 0. The number of hydrogen-bond acceptors (Lipinski definition) is 2. The molecule has 28 heavy (non-hydrogen) atoms. The first-order chi connectivity index (χ1) is 13.3. The summed E-state index contributed by atoms with van der Waals surface area (Å²) < 4.78 is 40.9. The lowest BCUT2D eigenvalue weighted by atomic mass is 10.0. The highest BCUT2D eigenvalue weighted by Gasteiger charge is 2.32. The Morgan fingerprint density at radius 1 is 1.18 bits per heavy atom. The molecule has 7 heteroatoms. The fourth-order valence-electron chi connectivity index (χ4n) is 3.27. The van der Waals surface area contributed by atoms with Gasteiger partial charge in [0.25, 0.3) is 0 Å². The van der Waals surface area contributed by atoms with Gasteiger partial charge >= 0.3 is 6.18 Å². The fraction of sp³-hybridized carbons (Fsp3) is 0.333. The van der Waals surface area contributed by atoms with Crippen LogP contribution < -0.4 is 10.6 Å². The van der Waals surface area contributed by atoms with Gasteiger partial charge in [0.05, 0.1) is 10.6 Å². The maximum atomic E-state index is 13.4. The zero-order chi connectivity index (χ0) is 20.1. The third-order valence-corrected chi connectivity index (χ3v) is 6.04. The van der Waals surface area contributed by atoms with Crippen molar-refractivity contribution in [2.24, 2.45) is 0 Å². The topological polar surface area (TPSA) is 24.1 Å². The molecule has 0 radical (unpaired) electrons. The first kappa shape index (κ1) is 21.4. The van der Waals surface area contributed by atoms with Crippen LogP contribution in [-0.4, -0.2) is 19.1 Å². The van der Waals surface area contributed by atoms with Crippen molar-refractivity contribution in [3.8, 4) is 0 Å². The first-order valence-corrected chi connectivity index (χ1v) is 10.3. The van der Waals surface area contributed by atoms with Crippen molar-refractivity contribution >= 4 is 39.7 Å². The van der Waals surface area contributed by atoms with E-state index in [9.17, 15) is 13.2 Å². The van der Waals surface area contributed by atoms with Crippen LogP contribution in [0.2, 0.25) is 5.02 Å². The maximum Gasteiger partial charge on any atom is 0.416 e. The summed E-state index contributed by atoms with van der Waals surface area (Å²) in [7, 11) is 0. The van der Waals surface area contributed by atoms with Crippen molar-refractivity contribution in [2.75, 3.05) is 13.1 Å². The second-order valence-corrected chi connectivity index (χ2v) is 8.05. The maximum absolute atomic E-state index is 13.4. The van der Waals surface area contributed by atoms with Gasteiger partial charge in [-0.1, -0.05) is 42.0 Å². The van der Waals surface area contributed by atoms with E-state index in [1.807, 2.05) is 0 Å². The van der Waals surface area contributed by atoms with Gasteiger partial charge in [0.15, 0.2) is 0 Å². The largest absolute Gasteiger partial charge is 0.416 e. The second kappa shape index (κ2) is 9.44. The molecule has 1 atom stereocenters. The third-order valence-electron chi connectivity index (χ3n) is 4.73. The lowest BCUT2D eigenvalue weighted by Crippen LogP contribution is -2.33. The van der Waals surface area contributed by atoms with Gasteiger partial charge in [-0.25, -0.2) is 0 Å². The predicted octanol–water partition coefficient (Wildman–Crippen LogP) is 6.13. The molecule has 1 saturated heterocycles. The molecule has 0 aliphatic carbocycles. The molecule has 2 nitrogen and oxygen atoms in total. The van der Waals surface area contributed by atoms with Crippen LogP contribution in [0.25, 0.3) is 12.2 Å². The van der Waals surface area contributed by atoms with Gasteiger partial charge in [0.2, 0.25) is 0 Å². The SMILES string of the molecule is FC(F)(F)c1ccc(CNCC2CCCN2)cc1C=Cc1cccc(Br)c1Cl. The molecule has 0 spiro atoms. The standard InChI is InChI=1S/C21H21BrClF3N2/c22-19-5-1-3-15(20(19)23)7-8-16-11-14(6-9-18(16)21(24,25)26)12-27-13-17-4-2-10-28-17/h1,3,5-9,11,17,27-28H,2,4,10,12-13H2. The highest BCUT2D eigenvalue weighted by atomic mass is 79.9. The van der Waals surface area contributed by atoms with Crippen molar-refractivity contribution in [3.05, 3.63) is 68.1 Å². The molecule has 1 aliphatic rings. The van der Waals surface area contributed by atoms with E-state index in [1.54, 1.807) is 30.3 Å². The van der Waals surface area contributed by atoms with E-state index >= 15 is 0 Å². The summed E-state index contributed by atoms with van der Waals surface area (Å²) in [6.45, 7) is 2.36. The van der Waals surface area contributed by atoms with Crippen molar-refractivity contribution in [2.45, 2.75) is 31.6 Å². The molecule has 0 amide bonds. The van der Waals surface area contributed by atoms with E-state index in [4.69, 9.17) is 11.6 Å². The Balaban J connectivity index is 1.79. The molecule has 1 aliphatic heterocycles. The van der Waals surface area contributed by atoms with Gasteiger partial charge < -0.3 is 10.6 Å². The number of hydrogen-bond donors (Lipinski definition) is 2. The highest BCUT2D eigenvalue weighted by molar-refractivity contribution is 9.10. The molecule has 0 bridgehead atoms. The Hall–Kier alpha value is -1.34. The molecule has 2 N–H and O–H groups in total. The summed E-state index contributed by atoms with van der Waals surface area (Å²) in [5.74, 6) is 0. The van der Waals surface area contributed by atoms with Gasteiger partial charge in [-0.05, 0) is 70.2 Å². The minimum Gasteiger partial charge on any atom is -0.313 e. The van der Waals surface area contributed by atoms with Crippen molar-refractivity contribution in [3.63, 3.8) is 0 Å². The molecule has 1 fully saturated rings. The number of halogens is 5. The summed E-state index contributed by atoms with van der Waals surface area (Å²) in [6, 6.07) is 10.0. The predicted molar refractivity (Wildman–Crippen MR) is 112 cm³/mol. The Labute approximate surface area is 176 Å². The zero-order valence-electron chi connectivity index (χ0n) is 15.1. The quantitative estimate of drug-likeness (QED) is 0.493. The minimum absolute atomic E-state index is 0.127. The molecule has 1 heterocycles. The summed E-state index contributed by atoms with van der Waals surface area (Å²) in [5.41, 5.74) is 0.934. The average Bonchev–Trinajstić information content (AvgIpc) is 3.15. The second-order valence-electron chi connectivity index (χ2n) is 6.82. The molecule has 1 unspecified atom stereocenters. The molecular formula is C21H21BrClF3N2. The van der Waals surface area contributed by atoms with Crippen LogP contribution in [0.15, 0.2) is 40.9 Å². The van der Waals surface area contributed by atoms with Crippen molar-refractivity contribution in [1.29, 1.82) is 0 Å². The molecular weight excluding hydrogens is 453 g/mol. The fourth-order valence-corrected chi connectivity index (χ4v) is 3.84. The van der Waals surface area contributed by atoms with Crippen LogP contribution in [0.3, 0.4) is 0 Å². The minimum atomic E-state index is -4.42. The van der Waals surface area contributed by atoms with Crippen LogP contribution in [-0.2, 0) is 12.7 Å². The first-order valence-electron chi connectivity index (χ1n) is 9.11. The molecule has 2 aromatic carbocycles. The third kappa shape index (κ3) is 5.60. The van der Waals surface area contributed by atoms with E-state index in [0.29, 0.717) is 27.6 Å². The normalized spacial score (nSPS) is 17.5. The van der Waals surface area contributed by atoms with E-state index in [-0.39, 0.29) is 5.56 Å². The number of alkyl halides is 3. The summed E-state index contributed by atoms with van der Waals surface area (Å²) in [6.07, 6.45) is 0.956. The molecule has 2 aromatic rings. The number of rotatable bonds is 6. The number of nitrogens with one attached hydrogen (secondary N) is 2. The van der Waals surface area contributed by atoms with Crippen LogP contribution in [0.5, 0.6) is 0 Å². The zero-order valence-corrected chi connectivity index (χ0v) is 17.5. The lowest BCUT2D eigenvalue weighted by Gasteiger charge is -2.14. The molecule has 0 aromatic heterocycles. The van der Waals surface area contributed by atoms with Gasteiger partial charge in [-0.15, -0.1) is 0 Å². The Kier molecular flexibility index (Phi) is 7.20. The summed E-state index contributed by atoms with van der Waals surface area (Å²) in [5, 5.41) is 7.18. The Morgan fingerprint density at radius 2 is 1.96 bits per heavy atom. The van der Waals surface area contributed by atoms with Gasteiger partial charge in [0.1, 0.15) is 0 Å². The van der Waals surface area contributed by atoms with E-state index in [0.717, 1.165) is 31.1 Å². The highest BCUT2D eigenvalue weighted by Crippen LogP contribution is 2.34. The van der Waals surface area contributed by atoms with E-state index in [2.05, 4.69) is 26.6 Å². The Bertz CT molecular complexity index is 846. The van der Waals surface area contributed by atoms with Gasteiger partial charge in [-0.3, -0.25) is 0 Å². The molecule has 0 saturated carbocycles.